The van der Waals surface area contributed by atoms with Crippen LogP contribution in [-0.2, 0) is 9.59 Å². The molecule has 2 fully saturated rings. The zero-order chi connectivity index (χ0) is 20.0. The molecule has 3 aliphatic rings. The van der Waals surface area contributed by atoms with E-state index in [-0.39, 0.29) is 52.6 Å². The van der Waals surface area contributed by atoms with Gasteiger partial charge in [0.1, 0.15) is 11.3 Å². The summed E-state index contributed by atoms with van der Waals surface area (Å²) in [6, 6.07) is -0.593. The first-order valence-electron chi connectivity index (χ1n) is 10.4. The van der Waals surface area contributed by atoms with Gasteiger partial charge in [-0.1, -0.05) is 38.8 Å². The van der Waals surface area contributed by atoms with Gasteiger partial charge in [0.2, 0.25) is 0 Å². The Kier molecular flexibility index (Phi) is 5.53. The summed E-state index contributed by atoms with van der Waals surface area (Å²) in [5.74, 6) is -0.546. The molecule has 3 rings (SSSR count). The fraction of sp³-hybridized carbons (Fsp3) is 0.727. The van der Waals surface area contributed by atoms with Gasteiger partial charge in [0.25, 0.3) is 5.91 Å². The van der Waals surface area contributed by atoms with Crippen LogP contribution in [0.1, 0.15) is 53.9 Å². The number of rotatable bonds is 3. The van der Waals surface area contributed by atoms with Gasteiger partial charge in [0, 0.05) is 5.92 Å². The number of carbonyl (C=O) groups excluding carboxylic acids is 2. The smallest absolute Gasteiger partial charge is 0.259 e. The largest absolute Gasteiger partial charge is 0.511 e. The molecule has 0 bridgehead atoms. The monoisotopic (exact) mass is 375 g/mol. The highest BCUT2D eigenvalue weighted by Gasteiger charge is 2.51. The summed E-state index contributed by atoms with van der Waals surface area (Å²) in [4.78, 5) is 24.9. The van der Waals surface area contributed by atoms with Gasteiger partial charge in [-0.3, -0.25) is 9.59 Å². The molecule has 1 amide bonds. The Labute approximate surface area is 161 Å². The second kappa shape index (κ2) is 7.42. The molecule has 8 atom stereocenters. The van der Waals surface area contributed by atoms with Gasteiger partial charge in [-0.05, 0) is 56.3 Å². The Balaban J connectivity index is 2.14. The summed E-state index contributed by atoms with van der Waals surface area (Å²) in [6.45, 7) is 9.97. The number of aliphatic hydroxyl groups is 2. The molecule has 0 aromatic carbocycles. The van der Waals surface area contributed by atoms with Crippen molar-refractivity contribution in [1.82, 2.24) is 5.32 Å². The summed E-state index contributed by atoms with van der Waals surface area (Å²) in [5, 5.41) is 24.7. The van der Waals surface area contributed by atoms with Crippen molar-refractivity contribution in [2.24, 2.45) is 35.5 Å². The number of nitrogens with one attached hydrogen (secondary N) is 1. The lowest BCUT2D eigenvalue weighted by Crippen LogP contribution is -2.49. The van der Waals surface area contributed by atoms with Crippen molar-refractivity contribution in [2.75, 3.05) is 0 Å². The highest BCUT2D eigenvalue weighted by atomic mass is 16.3. The molecular weight excluding hydrogens is 342 g/mol. The van der Waals surface area contributed by atoms with Gasteiger partial charge >= 0.3 is 0 Å². The lowest BCUT2D eigenvalue weighted by atomic mass is 9.54. The van der Waals surface area contributed by atoms with Crippen molar-refractivity contribution in [1.29, 1.82) is 0 Å². The molecule has 0 unspecified atom stereocenters. The maximum Gasteiger partial charge on any atom is 0.259 e. The second-order valence-corrected chi connectivity index (χ2v) is 8.79. The molecule has 0 aromatic heterocycles. The molecular formula is C22H33NO4. The van der Waals surface area contributed by atoms with Crippen LogP contribution in [0.3, 0.4) is 0 Å². The number of hydrogen-bond donors (Lipinski definition) is 3. The van der Waals surface area contributed by atoms with Gasteiger partial charge in [0.15, 0.2) is 5.78 Å². The minimum Gasteiger partial charge on any atom is -0.511 e. The summed E-state index contributed by atoms with van der Waals surface area (Å²) >= 11 is 0. The maximum absolute atomic E-state index is 12.5. The van der Waals surface area contributed by atoms with E-state index in [2.05, 4.69) is 39.1 Å². The minimum absolute atomic E-state index is 0.0406. The van der Waals surface area contributed by atoms with Crippen LogP contribution in [0.15, 0.2) is 23.0 Å². The molecule has 27 heavy (non-hydrogen) atoms. The number of allylic oxidation sites excluding steroid dienone is 3. The predicted molar refractivity (Wildman–Crippen MR) is 104 cm³/mol. The SMILES string of the molecule is CC[C@H]1[C@@H](O)[C@@H](C)C[C@@H]2C=C(C)[C@H](CC)[C@@H](C(O)=C3C(=O)N[C@@H](C)C3=O)[C@@H]12. The van der Waals surface area contributed by atoms with Crippen LogP contribution in [0.2, 0.25) is 0 Å². The molecule has 2 aliphatic carbocycles. The summed E-state index contributed by atoms with van der Waals surface area (Å²) in [7, 11) is 0. The van der Waals surface area contributed by atoms with Crippen molar-refractivity contribution in [3.8, 4) is 0 Å². The van der Waals surface area contributed by atoms with Crippen molar-refractivity contribution in [3.63, 3.8) is 0 Å². The molecule has 1 heterocycles. The molecule has 5 nitrogen and oxygen atoms in total. The van der Waals surface area contributed by atoms with Crippen LogP contribution in [0.25, 0.3) is 0 Å². The Morgan fingerprint density at radius 2 is 1.89 bits per heavy atom. The quantitative estimate of drug-likeness (QED) is 0.306. The molecule has 0 aromatic rings. The molecule has 0 spiro atoms. The minimum atomic E-state index is -0.593. The standard InChI is InChI=1S/C22H33NO4/c1-6-14-10(3)8-13-9-11(4)19(24)15(7-2)16(13)17(14)21(26)18-20(25)12(5)23-22(18)27/h8,11-17,19,24,26H,6-7,9H2,1-5H3,(H,23,27)/t11-,12-,13-,14-,15+,16+,17+,19-/m0/s1. The fourth-order valence-electron chi connectivity index (χ4n) is 5.95. The Hall–Kier alpha value is -1.62. The molecule has 0 radical (unpaired) electrons. The zero-order valence-corrected chi connectivity index (χ0v) is 17.0. The number of ketones is 1. The highest BCUT2D eigenvalue weighted by molar-refractivity contribution is 6.26. The van der Waals surface area contributed by atoms with Crippen molar-refractivity contribution < 1.29 is 19.8 Å². The first kappa shape index (κ1) is 20.1. The Morgan fingerprint density at radius 3 is 2.41 bits per heavy atom. The van der Waals surface area contributed by atoms with Crippen molar-refractivity contribution in [2.45, 2.75) is 66.0 Å². The van der Waals surface area contributed by atoms with Crippen LogP contribution < -0.4 is 5.32 Å². The number of aliphatic hydroxyl groups excluding tert-OH is 2. The van der Waals surface area contributed by atoms with Crippen LogP contribution >= 0.6 is 0 Å². The van der Waals surface area contributed by atoms with Crippen LogP contribution in [0, 0.1) is 35.5 Å². The predicted octanol–water partition coefficient (Wildman–Crippen LogP) is 3.15. The molecule has 5 heteroatoms. The van der Waals surface area contributed by atoms with Crippen molar-refractivity contribution in [3.05, 3.63) is 23.0 Å². The number of amides is 1. The number of fused-ring (bicyclic) bond motifs is 1. The normalized spacial score (nSPS) is 43.9. The highest BCUT2D eigenvalue weighted by Crippen LogP contribution is 2.53. The molecule has 1 saturated carbocycles. The third kappa shape index (κ3) is 3.14. The van der Waals surface area contributed by atoms with E-state index in [0.29, 0.717) is 0 Å². The van der Waals surface area contributed by atoms with E-state index in [9.17, 15) is 19.8 Å². The number of Topliss-reactive ketones (excluding diaryl/α,β-unsaturated/α-hetero) is 1. The molecule has 1 saturated heterocycles. The number of hydrogen-bond acceptors (Lipinski definition) is 4. The zero-order valence-electron chi connectivity index (χ0n) is 17.0. The molecule has 1 aliphatic heterocycles. The van der Waals surface area contributed by atoms with Crippen LogP contribution in [0.5, 0.6) is 0 Å². The third-order valence-corrected chi connectivity index (χ3v) is 7.26. The van der Waals surface area contributed by atoms with E-state index < -0.39 is 18.1 Å². The summed E-state index contributed by atoms with van der Waals surface area (Å²) in [5.41, 5.74) is 1.15. The summed E-state index contributed by atoms with van der Waals surface area (Å²) in [6.07, 6.45) is 4.39. The van der Waals surface area contributed by atoms with E-state index in [1.54, 1.807) is 6.92 Å². The van der Waals surface area contributed by atoms with Crippen molar-refractivity contribution >= 4 is 11.7 Å². The van der Waals surface area contributed by atoms with Gasteiger partial charge in [-0.2, -0.15) is 0 Å². The average molecular weight is 376 g/mol. The topological polar surface area (TPSA) is 86.6 Å². The Bertz CT molecular complexity index is 694. The third-order valence-electron chi connectivity index (χ3n) is 7.26. The van der Waals surface area contributed by atoms with E-state index in [1.165, 1.54) is 5.57 Å². The second-order valence-electron chi connectivity index (χ2n) is 8.79. The van der Waals surface area contributed by atoms with E-state index in [0.717, 1.165) is 19.3 Å². The van der Waals surface area contributed by atoms with Crippen LogP contribution in [-0.4, -0.2) is 34.0 Å². The van der Waals surface area contributed by atoms with Gasteiger partial charge < -0.3 is 15.5 Å². The van der Waals surface area contributed by atoms with Crippen LogP contribution in [0.4, 0.5) is 0 Å². The average Bonchev–Trinajstić information content (AvgIpc) is 2.87. The maximum atomic E-state index is 12.5. The molecule has 3 N–H and O–H groups in total. The van der Waals surface area contributed by atoms with Gasteiger partial charge in [0.05, 0.1) is 12.1 Å². The first-order valence-corrected chi connectivity index (χ1v) is 10.4. The van der Waals surface area contributed by atoms with E-state index in [4.69, 9.17) is 0 Å². The Morgan fingerprint density at radius 1 is 1.22 bits per heavy atom. The number of carbonyl (C=O) groups is 2. The summed E-state index contributed by atoms with van der Waals surface area (Å²) < 4.78 is 0. The van der Waals surface area contributed by atoms with E-state index in [1.807, 2.05) is 0 Å². The lowest BCUT2D eigenvalue weighted by Gasteiger charge is -2.51. The first-order chi connectivity index (χ1) is 12.7. The molecule has 150 valence electrons. The van der Waals surface area contributed by atoms with Gasteiger partial charge in [-0.25, -0.2) is 0 Å². The lowest BCUT2D eigenvalue weighted by molar-refractivity contribution is -0.117. The van der Waals surface area contributed by atoms with E-state index >= 15 is 0 Å². The fourth-order valence-corrected chi connectivity index (χ4v) is 5.95. The van der Waals surface area contributed by atoms with Gasteiger partial charge in [-0.15, -0.1) is 0 Å².